The third-order valence-corrected chi connectivity index (χ3v) is 4.45. The lowest BCUT2D eigenvalue weighted by Crippen LogP contribution is -2.53. The quantitative estimate of drug-likeness (QED) is 0.475. The Hall–Kier alpha value is -2.75. The normalized spacial score (nSPS) is 19.8. The second-order valence-corrected chi connectivity index (χ2v) is 5.98. The van der Waals surface area contributed by atoms with Crippen LogP contribution in [0.5, 0.6) is 0 Å². The van der Waals surface area contributed by atoms with Gasteiger partial charge in [0.1, 0.15) is 12.8 Å². The van der Waals surface area contributed by atoms with Crippen LogP contribution in [0.4, 0.5) is 0 Å². The number of fused-ring (bicyclic) bond motifs is 1. The highest BCUT2D eigenvalue weighted by atomic mass is 32.2. The molecule has 0 radical (unpaired) electrons. The van der Waals surface area contributed by atoms with Crippen molar-refractivity contribution in [3.8, 4) is 0 Å². The van der Waals surface area contributed by atoms with Crippen LogP contribution in [-0.4, -0.2) is 46.6 Å². The fourth-order valence-corrected chi connectivity index (χ4v) is 3.34. The summed E-state index contributed by atoms with van der Waals surface area (Å²) in [5.74, 6) is -1.05. The molecular formula is C14H13N3O6S. The standard InChI is InChI=1S/C14H13N3O6S/c1-21-15-12(9-3-2-5-22-9)13(19)16-23-14(20)8-4-6-24-11-7-10(18)17(8)11/h2-5,11H,6-7H2,1H3,(H,16,19)/t11-/m0/s1. The molecule has 2 amide bonds. The fraction of sp³-hybridized carbons (Fsp3) is 0.286. The van der Waals surface area contributed by atoms with Gasteiger partial charge in [-0.25, -0.2) is 4.79 Å². The fourth-order valence-electron chi connectivity index (χ4n) is 2.22. The maximum atomic E-state index is 12.1. The third-order valence-electron chi connectivity index (χ3n) is 3.33. The first kappa shape index (κ1) is 16.1. The number of furan rings is 1. The van der Waals surface area contributed by atoms with Crippen LogP contribution in [0.1, 0.15) is 12.2 Å². The number of β-lactam (4-membered cyclic amide) rings is 1. The van der Waals surface area contributed by atoms with Gasteiger partial charge in [-0.3, -0.25) is 14.5 Å². The Kier molecular flexibility index (Phi) is 4.56. The van der Waals surface area contributed by atoms with Gasteiger partial charge in [0.15, 0.2) is 5.76 Å². The summed E-state index contributed by atoms with van der Waals surface area (Å²) >= 11 is 1.56. The lowest BCUT2D eigenvalue weighted by atomic mass is 10.1. The maximum absolute atomic E-state index is 12.1. The van der Waals surface area contributed by atoms with Crippen LogP contribution in [0.25, 0.3) is 0 Å². The number of hydrogen-bond acceptors (Lipinski definition) is 8. The zero-order valence-corrected chi connectivity index (χ0v) is 13.4. The summed E-state index contributed by atoms with van der Waals surface area (Å²) in [5, 5.41) is 3.50. The van der Waals surface area contributed by atoms with Crippen molar-refractivity contribution in [2.24, 2.45) is 5.16 Å². The Morgan fingerprint density at radius 1 is 1.50 bits per heavy atom. The average molecular weight is 351 g/mol. The molecule has 0 unspecified atom stereocenters. The number of rotatable bonds is 4. The number of nitrogens with zero attached hydrogens (tertiary/aromatic N) is 2. The van der Waals surface area contributed by atoms with Crippen molar-refractivity contribution < 1.29 is 28.5 Å². The van der Waals surface area contributed by atoms with Gasteiger partial charge in [0, 0.05) is 5.75 Å². The highest BCUT2D eigenvalue weighted by Gasteiger charge is 2.43. The molecule has 0 aromatic carbocycles. The minimum Gasteiger partial charge on any atom is -0.462 e. The number of oxime groups is 1. The lowest BCUT2D eigenvalue weighted by molar-refractivity contribution is -0.157. The number of nitrogens with one attached hydrogen (secondary N) is 1. The van der Waals surface area contributed by atoms with E-state index in [1.807, 2.05) is 5.48 Å². The van der Waals surface area contributed by atoms with Gasteiger partial charge in [-0.2, -0.15) is 5.48 Å². The van der Waals surface area contributed by atoms with E-state index >= 15 is 0 Å². The number of carbonyl (C=O) groups is 3. The molecule has 3 rings (SSSR count). The number of carbonyl (C=O) groups excluding carboxylic acids is 3. The minimum absolute atomic E-state index is 0.0468. The van der Waals surface area contributed by atoms with Gasteiger partial charge in [-0.15, -0.1) is 11.8 Å². The highest BCUT2D eigenvalue weighted by Crippen LogP contribution is 2.37. The smallest absolute Gasteiger partial charge is 0.379 e. The number of thioether (sulfide) groups is 1. The summed E-state index contributed by atoms with van der Waals surface area (Å²) in [5.41, 5.74) is 1.91. The van der Waals surface area contributed by atoms with E-state index in [1.54, 1.807) is 23.9 Å². The van der Waals surface area contributed by atoms with Crippen LogP contribution >= 0.6 is 11.8 Å². The van der Waals surface area contributed by atoms with E-state index in [0.29, 0.717) is 12.2 Å². The first-order valence-electron chi connectivity index (χ1n) is 6.92. The van der Waals surface area contributed by atoms with Crippen LogP contribution in [0, 0.1) is 0 Å². The van der Waals surface area contributed by atoms with Gasteiger partial charge < -0.3 is 14.1 Å². The second kappa shape index (κ2) is 6.79. The number of hydroxylamine groups is 1. The van der Waals surface area contributed by atoms with Crippen LogP contribution in [0.15, 0.2) is 39.7 Å². The zero-order valence-electron chi connectivity index (χ0n) is 12.6. The molecule has 0 spiro atoms. The minimum atomic E-state index is -0.822. The van der Waals surface area contributed by atoms with Crippen molar-refractivity contribution in [2.45, 2.75) is 11.8 Å². The summed E-state index contributed by atoms with van der Waals surface area (Å²) < 4.78 is 5.07. The Morgan fingerprint density at radius 3 is 3.00 bits per heavy atom. The summed E-state index contributed by atoms with van der Waals surface area (Å²) in [6.07, 6.45) is 3.34. The second-order valence-electron chi connectivity index (χ2n) is 4.77. The Morgan fingerprint density at radius 2 is 2.33 bits per heavy atom. The van der Waals surface area contributed by atoms with E-state index in [4.69, 9.17) is 9.25 Å². The van der Waals surface area contributed by atoms with Crippen molar-refractivity contribution in [3.63, 3.8) is 0 Å². The molecule has 0 aliphatic carbocycles. The van der Waals surface area contributed by atoms with E-state index in [1.165, 1.54) is 24.3 Å². The van der Waals surface area contributed by atoms with Crippen LogP contribution in [-0.2, 0) is 24.1 Å². The van der Waals surface area contributed by atoms with Crippen LogP contribution in [0.3, 0.4) is 0 Å². The van der Waals surface area contributed by atoms with Crippen molar-refractivity contribution >= 4 is 35.3 Å². The largest absolute Gasteiger partial charge is 0.462 e. The van der Waals surface area contributed by atoms with E-state index < -0.39 is 11.9 Å². The zero-order chi connectivity index (χ0) is 17.1. The summed E-state index contributed by atoms with van der Waals surface area (Å²) in [4.78, 5) is 46.5. The summed E-state index contributed by atoms with van der Waals surface area (Å²) in [6, 6.07) is 3.07. The van der Waals surface area contributed by atoms with Crippen LogP contribution < -0.4 is 5.48 Å². The van der Waals surface area contributed by atoms with Gasteiger partial charge in [0.2, 0.25) is 11.6 Å². The molecule has 1 aromatic rings. The lowest BCUT2D eigenvalue weighted by Gasteiger charge is -2.42. The van der Waals surface area contributed by atoms with Crippen molar-refractivity contribution in [1.82, 2.24) is 10.4 Å². The Bertz CT molecular complexity index is 727. The first-order chi connectivity index (χ1) is 11.6. The van der Waals surface area contributed by atoms with Gasteiger partial charge >= 0.3 is 11.9 Å². The maximum Gasteiger partial charge on any atom is 0.379 e. The topological polar surface area (TPSA) is 110 Å². The highest BCUT2D eigenvalue weighted by molar-refractivity contribution is 8.00. The summed E-state index contributed by atoms with van der Waals surface area (Å²) in [6.45, 7) is 0. The molecule has 2 aliphatic rings. The molecule has 1 saturated heterocycles. The SMILES string of the molecule is CON=C(C(=O)NOC(=O)C1=CCS[C@H]2CC(=O)N12)c1ccco1. The van der Waals surface area contributed by atoms with Crippen LogP contribution in [0.2, 0.25) is 0 Å². The number of amides is 2. The molecule has 0 saturated carbocycles. The van der Waals surface area contributed by atoms with Crippen molar-refractivity contribution in [2.75, 3.05) is 12.9 Å². The summed E-state index contributed by atoms with van der Waals surface area (Å²) in [7, 11) is 1.27. The first-order valence-corrected chi connectivity index (χ1v) is 7.97. The van der Waals surface area contributed by atoms with E-state index in [-0.39, 0.29) is 28.5 Å². The van der Waals surface area contributed by atoms with Crippen molar-refractivity contribution in [1.29, 1.82) is 0 Å². The molecule has 1 aromatic heterocycles. The molecule has 3 heterocycles. The monoisotopic (exact) mass is 351 g/mol. The molecule has 10 heteroatoms. The molecule has 2 aliphatic heterocycles. The average Bonchev–Trinajstić information content (AvgIpc) is 3.09. The van der Waals surface area contributed by atoms with Gasteiger partial charge in [0.25, 0.3) is 0 Å². The van der Waals surface area contributed by atoms with Gasteiger partial charge in [-0.05, 0) is 18.2 Å². The van der Waals surface area contributed by atoms with E-state index in [9.17, 15) is 14.4 Å². The van der Waals surface area contributed by atoms with Gasteiger partial charge in [0.05, 0.1) is 18.1 Å². The third kappa shape index (κ3) is 3.00. The molecule has 1 atom stereocenters. The predicted octanol–water partition coefficient (Wildman–Crippen LogP) is 0.394. The predicted molar refractivity (Wildman–Crippen MR) is 82.3 cm³/mol. The molecule has 1 N–H and O–H groups in total. The molecule has 0 bridgehead atoms. The molecule has 1 fully saturated rings. The molecular weight excluding hydrogens is 338 g/mol. The molecule has 9 nitrogen and oxygen atoms in total. The van der Waals surface area contributed by atoms with E-state index in [2.05, 4.69) is 9.99 Å². The van der Waals surface area contributed by atoms with Gasteiger partial charge in [-0.1, -0.05) is 5.16 Å². The Labute approximate surface area is 140 Å². The molecule has 126 valence electrons. The Balaban J connectivity index is 1.63. The van der Waals surface area contributed by atoms with E-state index in [0.717, 1.165) is 0 Å². The van der Waals surface area contributed by atoms with Crippen molar-refractivity contribution in [3.05, 3.63) is 35.9 Å². The molecule has 24 heavy (non-hydrogen) atoms. The number of hydrogen-bond donors (Lipinski definition) is 1.